The quantitative estimate of drug-likeness (QED) is 0.167. The Morgan fingerprint density at radius 2 is 1.43 bits per heavy atom. The van der Waals surface area contributed by atoms with Gasteiger partial charge < -0.3 is 22.9 Å². The van der Waals surface area contributed by atoms with Crippen molar-refractivity contribution < 1.29 is 22.9 Å². The van der Waals surface area contributed by atoms with E-state index in [9.17, 15) is 0 Å². The molecule has 3 aromatic rings. The summed E-state index contributed by atoms with van der Waals surface area (Å²) in [7, 11) is -4.36. The molecule has 0 unspecified atom stereocenters. The van der Waals surface area contributed by atoms with Gasteiger partial charge in [-0.25, -0.2) is 9.67 Å². The van der Waals surface area contributed by atoms with Crippen molar-refractivity contribution in [1.29, 1.82) is 0 Å². The maximum Gasteiger partial charge on any atom is 0.495 e. The first kappa shape index (κ1) is 34.8. The number of rotatable bonds is 10. The lowest BCUT2D eigenvalue weighted by atomic mass is 9.78. The van der Waals surface area contributed by atoms with Crippen LogP contribution in [0.1, 0.15) is 74.9 Å². The van der Waals surface area contributed by atoms with Crippen LogP contribution < -0.4 is 10.2 Å². The Kier molecular flexibility index (Phi) is 9.48. The van der Waals surface area contributed by atoms with Crippen LogP contribution in [0.15, 0.2) is 36.5 Å². The van der Waals surface area contributed by atoms with Crippen LogP contribution >= 0.6 is 0 Å². The van der Waals surface area contributed by atoms with E-state index in [2.05, 4.69) is 101 Å². The van der Waals surface area contributed by atoms with Crippen molar-refractivity contribution in [3.8, 4) is 11.6 Å². The Labute approximate surface area is 267 Å². The van der Waals surface area contributed by atoms with Crippen LogP contribution in [0.4, 0.5) is 0 Å². The van der Waals surface area contributed by atoms with Crippen LogP contribution in [0, 0.1) is 0 Å². The Hall–Kier alpha value is -2.02. The summed E-state index contributed by atoms with van der Waals surface area (Å²) in [6, 6.07) is 10.1. The van der Waals surface area contributed by atoms with Crippen molar-refractivity contribution in [1.82, 2.24) is 14.8 Å². The number of hydrogen-bond acceptors (Lipinski definition) is 7. The van der Waals surface area contributed by atoms with E-state index in [1.807, 2.05) is 35.1 Å². The van der Waals surface area contributed by atoms with Gasteiger partial charge in [0, 0.05) is 0 Å². The van der Waals surface area contributed by atoms with E-state index in [0.717, 1.165) is 33.6 Å². The predicted molar refractivity (Wildman–Crippen MR) is 185 cm³/mol. The van der Waals surface area contributed by atoms with Gasteiger partial charge in [0.05, 0.1) is 47.2 Å². The van der Waals surface area contributed by atoms with Gasteiger partial charge in [0.25, 0.3) is 0 Å². The first-order chi connectivity index (χ1) is 20.0. The van der Waals surface area contributed by atoms with Crippen LogP contribution in [0.25, 0.3) is 16.7 Å². The summed E-state index contributed by atoms with van der Waals surface area (Å²) >= 11 is 0. The van der Waals surface area contributed by atoms with Gasteiger partial charge in [0.15, 0.2) is 22.5 Å². The van der Waals surface area contributed by atoms with Gasteiger partial charge in [-0.3, -0.25) is 0 Å². The van der Waals surface area contributed by atoms with E-state index in [4.69, 9.17) is 33.0 Å². The number of ether oxygens (including phenoxy) is 1. The Bertz CT molecular complexity index is 1460. The van der Waals surface area contributed by atoms with E-state index in [0.29, 0.717) is 19.8 Å². The van der Waals surface area contributed by atoms with Gasteiger partial charge in [-0.2, -0.15) is 5.10 Å². The third-order valence-corrected chi connectivity index (χ3v) is 19.2. The van der Waals surface area contributed by atoms with Gasteiger partial charge in [-0.05, 0) is 93.7 Å². The molecular weight excluding hydrogens is 585 g/mol. The minimum atomic E-state index is -1.92. The van der Waals surface area contributed by atoms with Crippen molar-refractivity contribution in [3.63, 3.8) is 0 Å². The standard InChI is InChI=1S/C33H54BN3O5Si2/c1-30(2,3)43(11,12)39-19-18-38-28-21-24(34-41-32(7,8)33(9,10)42-34)20-27-26(28)22-35-37(27)29-17-15-16-25(36-29)23-40-44(13,14)31(4,5)6/h15-17,20-22H,18-19,23H2,1-14H3. The molecule has 2 aromatic heterocycles. The third-order valence-electron chi connectivity index (χ3n) is 10.2. The molecule has 1 saturated heterocycles. The molecule has 11 heteroatoms. The summed E-state index contributed by atoms with van der Waals surface area (Å²) in [5.74, 6) is 1.43. The van der Waals surface area contributed by atoms with Gasteiger partial charge in [-0.1, -0.05) is 47.6 Å². The Morgan fingerprint density at radius 3 is 2.02 bits per heavy atom. The molecule has 1 fully saturated rings. The normalized spacial score (nSPS) is 17.5. The summed E-state index contributed by atoms with van der Waals surface area (Å²) in [4.78, 5) is 4.96. The van der Waals surface area contributed by atoms with Crippen molar-refractivity contribution in [2.75, 3.05) is 13.2 Å². The average Bonchev–Trinajstić information content (AvgIpc) is 3.41. The molecule has 1 aromatic carbocycles. The second-order valence-electron chi connectivity index (χ2n) is 16.1. The molecule has 0 atom stereocenters. The van der Waals surface area contributed by atoms with Crippen molar-refractivity contribution >= 4 is 40.1 Å². The zero-order chi connectivity index (χ0) is 32.9. The maximum absolute atomic E-state index is 6.47. The number of pyridine rings is 1. The maximum atomic E-state index is 6.47. The first-order valence-corrected chi connectivity index (χ1v) is 21.6. The number of nitrogens with zero attached hydrogens (tertiary/aromatic N) is 3. The summed E-state index contributed by atoms with van der Waals surface area (Å²) in [5.41, 5.74) is 1.68. The molecule has 0 bridgehead atoms. The molecule has 0 aliphatic carbocycles. The zero-order valence-electron chi connectivity index (χ0n) is 29.5. The van der Waals surface area contributed by atoms with Crippen LogP contribution in [0.2, 0.25) is 36.3 Å². The predicted octanol–water partition coefficient (Wildman–Crippen LogP) is 7.64. The fourth-order valence-corrected chi connectivity index (χ4v) is 6.30. The Balaban J connectivity index is 1.67. The highest BCUT2D eigenvalue weighted by atomic mass is 28.4. The number of benzene rings is 1. The molecule has 0 amide bonds. The summed E-state index contributed by atoms with van der Waals surface area (Å²) in [5, 5.41) is 5.93. The van der Waals surface area contributed by atoms with Gasteiger partial charge in [0.2, 0.25) is 0 Å². The highest BCUT2D eigenvalue weighted by Crippen LogP contribution is 2.39. The second kappa shape index (κ2) is 12.0. The zero-order valence-corrected chi connectivity index (χ0v) is 31.5. The number of hydrogen-bond donors (Lipinski definition) is 0. The van der Waals surface area contributed by atoms with Crippen molar-refractivity contribution in [2.45, 2.75) is 123 Å². The van der Waals surface area contributed by atoms with Crippen LogP contribution in [0.5, 0.6) is 5.75 Å². The molecule has 4 rings (SSSR count). The minimum absolute atomic E-state index is 0.124. The lowest BCUT2D eigenvalue weighted by molar-refractivity contribution is 0.00578. The topological polar surface area (TPSA) is 76.9 Å². The summed E-state index contributed by atoms with van der Waals surface area (Å²) in [6.45, 7) is 32.2. The van der Waals surface area contributed by atoms with E-state index >= 15 is 0 Å². The molecule has 3 heterocycles. The van der Waals surface area contributed by atoms with Crippen molar-refractivity contribution in [3.05, 3.63) is 42.2 Å². The molecule has 8 nitrogen and oxygen atoms in total. The van der Waals surface area contributed by atoms with Crippen LogP contribution in [-0.4, -0.2) is 62.9 Å². The Morgan fingerprint density at radius 1 is 0.841 bits per heavy atom. The SMILES string of the molecule is CC1(C)OB(c2cc(OCCO[Si](C)(C)C(C)(C)C)c3cnn(-c4cccc(CO[Si](C)(C)C(C)(C)C)n4)c3c2)OC1(C)C. The lowest BCUT2D eigenvalue weighted by Crippen LogP contribution is -2.41. The minimum Gasteiger partial charge on any atom is -0.490 e. The molecular formula is C33H54BN3O5Si2. The monoisotopic (exact) mass is 639 g/mol. The molecule has 1 aliphatic rings. The summed E-state index contributed by atoms with van der Waals surface area (Å²) < 4.78 is 34.0. The number of fused-ring (bicyclic) bond motifs is 1. The fourth-order valence-electron chi connectivity index (χ4n) is 4.33. The van der Waals surface area contributed by atoms with Gasteiger partial charge in [0.1, 0.15) is 12.4 Å². The fraction of sp³-hybridized carbons (Fsp3) is 0.636. The van der Waals surface area contributed by atoms with Crippen molar-refractivity contribution in [2.24, 2.45) is 0 Å². The highest BCUT2D eigenvalue weighted by Gasteiger charge is 2.52. The summed E-state index contributed by atoms with van der Waals surface area (Å²) in [6.07, 6.45) is 1.84. The van der Waals surface area contributed by atoms with E-state index in [1.165, 1.54) is 0 Å². The van der Waals surface area contributed by atoms with Crippen LogP contribution in [0.3, 0.4) is 0 Å². The molecule has 1 aliphatic heterocycles. The highest BCUT2D eigenvalue weighted by molar-refractivity contribution is 6.74. The third kappa shape index (κ3) is 7.18. The van der Waals surface area contributed by atoms with Gasteiger partial charge >= 0.3 is 7.12 Å². The molecule has 242 valence electrons. The smallest absolute Gasteiger partial charge is 0.490 e. The lowest BCUT2D eigenvalue weighted by Gasteiger charge is -2.36. The van der Waals surface area contributed by atoms with E-state index in [-0.39, 0.29) is 10.1 Å². The molecule has 0 saturated carbocycles. The molecule has 0 N–H and O–H groups in total. The van der Waals surface area contributed by atoms with Gasteiger partial charge in [-0.15, -0.1) is 0 Å². The molecule has 0 radical (unpaired) electrons. The average molecular weight is 640 g/mol. The first-order valence-electron chi connectivity index (χ1n) is 15.8. The van der Waals surface area contributed by atoms with E-state index in [1.54, 1.807) is 0 Å². The molecule has 44 heavy (non-hydrogen) atoms. The number of aromatic nitrogens is 3. The van der Waals surface area contributed by atoms with E-state index < -0.39 is 35.0 Å². The molecule has 0 spiro atoms. The second-order valence-corrected chi connectivity index (χ2v) is 25.7. The van der Waals surface area contributed by atoms with Crippen LogP contribution in [-0.2, 0) is 24.8 Å². The largest absolute Gasteiger partial charge is 0.495 e.